The summed E-state index contributed by atoms with van der Waals surface area (Å²) in [6.45, 7) is 0. The maximum atomic E-state index is 10.8. The quantitative estimate of drug-likeness (QED) is 0.449. The second-order valence-corrected chi connectivity index (χ2v) is 3.16. The van der Waals surface area contributed by atoms with Gasteiger partial charge in [-0.25, -0.2) is 19.2 Å². The molecule has 0 aliphatic heterocycles. The third kappa shape index (κ3) is 3.85. The van der Waals surface area contributed by atoms with Gasteiger partial charge in [0.05, 0.1) is 22.3 Å². The molecule has 0 saturated carbocycles. The summed E-state index contributed by atoms with van der Waals surface area (Å²) in [4.78, 5) is 43.1. The number of hydrogen-bond acceptors (Lipinski definition) is 4. The standard InChI is InChI=1S/C10H6O8.K.H/c11-7(12)3-1-4(8(13)14)6(10(17)18)2-5(3)9(15)16;;/h1-2H,(H,11,12)(H,13,14)(H,15,16)(H,17,18);;/q;+1;-1. The van der Waals surface area contributed by atoms with E-state index in [1.54, 1.807) is 0 Å². The Morgan fingerprint density at radius 1 is 0.632 bits per heavy atom. The first-order valence-electron chi connectivity index (χ1n) is 4.37. The normalized spacial score (nSPS) is 9.26. The molecule has 1 aromatic carbocycles. The van der Waals surface area contributed by atoms with Crippen LogP contribution in [0.4, 0.5) is 0 Å². The largest absolute Gasteiger partial charge is 1.00 e. The van der Waals surface area contributed by atoms with E-state index in [1.165, 1.54) is 0 Å². The Bertz CT molecular complexity index is 485. The molecule has 1 rings (SSSR count). The monoisotopic (exact) mass is 294 g/mol. The second kappa shape index (κ2) is 6.77. The molecule has 0 aromatic heterocycles. The van der Waals surface area contributed by atoms with Gasteiger partial charge >= 0.3 is 75.3 Å². The molecule has 0 bridgehead atoms. The average molecular weight is 294 g/mol. The van der Waals surface area contributed by atoms with Crippen molar-refractivity contribution in [3.63, 3.8) is 0 Å². The molecule has 0 atom stereocenters. The zero-order valence-corrected chi connectivity index (χ0v) is 12.7. The number of hydrogen-bond donors (Lipinski definition) is 4. The predicted octanol–water partition coefficient (Wildman–Crippen LogP) is -2.40. The molecule has 0 spiro atoms. The van der Waals surface area contributed by atoms with Crippen LogP contribution in [0.5, 0.6) is 0 Å². The Labute approximate surface area is 149 Å². The van der Waals surface area contributed by atoms with Gasteiger partial charge in [-0.05, 0) is 12.1 Å². The van der Waals surface area contributed by atoms with Gasteiger partial charge in [0.15, 0.2) is 0 Å². The van der Waals surface area contributed by atoms with E-state index in [4.69, 9.17) is 20.4 Å². The van der Waals surface area contributed by atoms with Crippen LogP contribution >= 0.6 is 0 Å². The molecular formula is C10H7KO8. The number of carboxylic acids is 4. The molecule has 8 nitrogen and oxygen atoms in total. The molecule has 9 heteroatoms. The summed E-state index contributed by atoms with van der Waals surface area (Å²) in [6, 6.07) is 1.02. The third-order valence-electron chi connectivity index (χ3n) is 2.08. The molecule has 0 fully saturated rings. The van der Waals surface area contributed by atoms with Crippen molar-refractivity contribution < 1.29 is 92.4 Å². The van der Waals surface area contributed by atoms with E-state index in [2.05, 4.69) is 0 Å². The van der Waals surface area contributed by atoms with Crippen LogP contribution in [0, 0.1) is 0 Å². The van der Waals surface area contributed by atoms with Gasteiger partial charge < -0.3 is 21.9 Å². The summed E-state index contributed by atoms with van der Waals surface area (Å²) < 4.78 is 0. The van der Waals surface area contributed by atoms with Crippen LogP contribution in [-0.4, -0.2) is 44.3 Å². The van der Waals surface area contributed by atoms with Gasteiger partial charge in [-0.15, -0.1) is 0 Å². The van der Waals surface area contributed by atoms with Gasteiger partial charge in [-0.3, -0.25) is 0 Å². The van der Waals surface area contributed by atoms with Gasteiger partial charge in [-0.2, -0.15) is 0 Å². The van der Waals surface area contributed by atoms with Crippen molar-refractivity contribution in [3.8, 4) is 0 Å². The van der Waals surface area contributed by atoms with Crippen molar-refractivity contribution in [2.24, 2.45) is 0 Å². The van der Waals surface area contributed by atoms with E-state index in [-0.39, 0.29) is 52.8 Å². The zero-order valence-electron chi connectivity index (χ0n) is 10.6. The zero-order chi connectivity index (χ0) is 14.0. The minimum atomic E-state index is -1.66. The van der Waals surface area contributed by atoms with E-state index in [1.807, 2.05) is 0 Å². The number of rotatable bonds is 4. The topological polar surface area (TPSA) is 149 Å². The molecule has 4 N–H and O–H groups in total. The van der Waals surface area contributed by atoms with Crippen LogP contribution in [-0.2, 0) is 0 Å². The van der Waals surface area contributed by atoms with Crippen molar-refractivity contribution in [2.45, 2.75) is 0 Å². The number of benzene rings is 1. The minimum Gasteiger partial charge on any atom is -1.00 e. The number of aromatic carboxylic acids is 4. The SMILES string of the molecule is O=C(O)c1cc(C(=O)O)c(C(=O)O)cc1C(=O)O.[H-].[K+]. The summed E-state index contributed by atoms with van der Waals surface area (Å²) in [5, 5.41) is 35.0. The number of carboxylic acid groups (broad SMARTS) is 4. The molecular weight excluding hydrogens is 287 g/mol. The average Bonchev–Trinajstić information content (AvgIpc) is 2.26. The molecule has 0 aliphatic carbocycles. The molecule has 0 aliphatic rings. The molecule has 0 unspecified atom stereocenters. The van der Waals surface area contributed by atoms with Gasteiger partial charge in [0.1, 0.15) is 0 Å². The Morgan fingerprint density at radius 2 is 0.789 bits per heavy atom. The van der Waals surface area contributed by atoms with Gasteiger partial charge in [-0.1, -0.05) is 0 Å². The molecule has 0 heterocycles. The van der Waals surface area contributed by atoms with E-state index in [0.29, 0.717) is 12.1 Å². The fraction of sp³-hybridized carbons (Fsp3) is 0. The van der Waals surface area contributed by atoms with Crippen LogP contribution in [0.15, 0.2) is 12.1 Å². The van der Waals surface area contributed by atoms with Crippen LogP contribution in [0.1, 0.15) is 42.9 Å². The summed E-state index contributed by atoms with van der Waals surface area (Å²) in [6.07, 6.45) is 0. The minimum absolute atomic E-state index is 0. The van der Waals surface area contributed by atoms with Crippen molar-refractivity contribution in [2.75, 3.05) is 0 Å². The van der Waals surface area contributed by atoms with E-state index in [0.717, 1.165) is 0 Å². The van der Waals surface area contributed by atoms with Crippen molar-refractivity contribution >= 4 is 23.9 Å². The number of carbonyl (C=O) groups is 4. The maximum Gasteiger partial charge on any atom is 1.00 e. The summed E-state index contributed by atoms with van der Waals surface area (Å²) in [7, 11) is 0. The molecule has 0 radical (unpaired) electrons. The smallest absolute Gasteiger partial charge is 1.00 e. The fourth-order valence-corrected chi connectivity index (χ4v) is 1.31. The summed E-state index contributed by atoms with van der Waals surface area (Å²) >= 11 is 0. The third-order valence-corrected chi connectivity index (χ3v) is 2.08. The van der Waals surface area contributed by atoms with Gasteiger partial charge in [0.25, 0.3) is 0 Å². The Kier molecular flexibility index (Phi) is 6.32. The van der Waals surface area contributed by atoms with Crippen LogP contribution in [0.25, 0.3) is 0 Å². The molecule has 0 saturated heterocycles. The Hall–Kier alpha value is -1.26. The molecule has 19 heavy (non-hydrogen) atoms. The molecule has 0 amide bonds. The van der Waals surface area contributed by atoms with Crippen molar-refractivity contribution in [1.82, 2.24) is 0 Å². The first kappa shape index (κ1) is 17.7. The van der Waals surface area contributed by atoms with E-state index < -0.39 is 46.1 Å². The Morgan fingerprint density at radius 3 is 0.895 bits per heavy atom. The van der Waals surface area contributed by atoms with Crippen molar-refractivity contribution in [1.29, 1.82) is 0 Å². The van der Waals surface area contributed by atoms with Gasteiger partial charge in [0.2, 0.25) is 0 Å². The summed E-state index contributed by atoms with van der Waals surface area (Å²) in [5.41, 5.74) is -3.15. The summed E-state index contributed by atoms with van der Waals surface area (Å²) in [5.74, 6) is -6.64. The van der Waals surface area contributed by atoms with Gasteiger partial charge in [0, 0.05) is 0 Å². The van der Waals surface area contributed by atoms with Crippen LogP contribution in [0.2, 0.25) is 0 Å². The van der Waals surface area contributed by atoms with Crippen LogP contribution in [0.3, 0.4) is 0 Å². The van der Waals surface area contributed by atoms with E-state index >= 15 is 0 Å². The Balaban J connectivity index is 0. The maximum absolute atomic E-state index is 10.8. The first-order valence-corrected chi connectivity index (χ1v) is 4.37. The van der Waals surface area contributed by atoms with Crippen LogP contribution < -0.4 is 51.4 Å². The predicted molar refractivity (Wildman–Crippen MR) is 55.4 cm³/mol. The molecule has 1 aromatic rings. The van der Waals surface area contributed by atoms with Crippen molar-refractivity contribution in [3.05, 3.63) is 34.4 Å². The molecule has 96 valence electrons. The first-order chi connectivity index (χ1) is 8.25. The second-order valence-electron chi connectivity index (χ2n) is 3.16. The van der Waals surface area contributed by atoms with E-state index in [9.17, 15) is 19.2 Å². The fourth-order valence-electron chi connectivity index (χ4n) is 1.31.